The molecule has 0 fully saturated rings. The van der Waals surface area contributed by atoms with Gasteiger partial charge in [-0.25, -0.2) is 21.6 Å². The molecule has 0 radical (unpaired) electrons. The van der Waals surface area contributed by atoms with Crippen LogP contribution in [0.2, 0.25) is 0 Å². The molecule has 0 spiro atoms. The summed E-state index contributed by atoms with van der Waals surface area (Å²) in [5, 5.41) is 2.63. The van der Waals surface area contributed by atoms with Gasteiger partial charge < -0.3 is 10.2 Å². The zero-order valence-corrected chi connectivity index (χ0v) is 16.9. The zero-order chi connectivity index (χ0) is 20.5. The molecule has 1 aromatic rings. The number of amides is 1. The number of hydrogen-bond acceptors (Lipinski definition) is 6. The maximum atomic E-state index is 12.6. The van der Waals surface area contributed by atoms with Gasteiger partial charge in [0.1, 0.15) is 0 Å². The third-order valence-corrected chi connectivity index (χ3v) is 6.74. The van der Waals surface area contributed by atoms with Gasteiger partial charge in [0, 0.05) is 24.5 Å². The fourth-order valence-electron chi connectivity index (χ4n) is 2.69. The highest BCUT2D eigenvalue weighted by Gasteiger charge is 2.30. The quantitative estimate of drug-likeness (QED) is 0.721. The maximum Gasteiger partial charge on any atom is 0.259 e. The van der Waals surface area contributed by atoms with Crippen LogP contribution in [0.4, 0.5) is 5.69 Å². The minimum atomic E-state index is -3.63. The topological polar surface area (TPSA) is 125 Å². The standard InChI is InChI=1S/C17H20N4O5S2/c1-12(2)19-28(25,26)14-7-5-13(6-8-14)18-17(22)15-4-3-9-21-10-11-27(23,24)20-16(15)21/h3-9,12,19H,10-11H2,1-2H3,(H,18,22). The summed E-state index contributed by atoms with van der Waals surface area (Å²) in [7, 11) is -7.24. The maximum absolute atomic E-state index is 12.6. The molecule has 28 heavy (non-hydrogen) atoms. The van der Waals surface area contributed by atoms with Gasteiger partial charge in [0.2, 0.25) is 10.0 Å². The Morgan fingerprint density at radius 1 is 1.21 bits per heavy atom. The Labute approximate surface area is 163 Å². The highest BCUT2D eigenvalue weighted by atomic mass is 32.2. The molecule has 3 rings (SSSR count). The van der Waals surface area contributed by atoms with Crippen molar-refractivity contribution < 1.29 is 21.6 Å². The van der Waals surface area contributed by atoms with Crippen molar-refractivity contribution in [2.45, 2.75) is 24.8 Å². The summed E-state index contributed by atoms with van der Waals surface area (Å²) in [5.41, 5.74) is 0.485. The van der Waals surface area contributed by atoms with Crippen LogP contribution in [0, 0.1) is 0 Å². The van der Waals surface area contributed by atoms with Crippen molar-refractivity contribution in [2.75, 3.05) is 17.6 Å². The summed E-state index contributed by atoms with van der Waals surface area (Å²) in [4.78, 5) is 14.3. The molecule has 1 aromatic carbocycles. The van der Waals surface area contributed by atoms with Gasteiger partial charge in [-0.2, -0.15) is 0 Å². The third-order valence-electron chi connectivity index (χ3n) is 3.92. The fourth-order valence-corrected chi connectivity index (χ4v) is 4.92. The zero-order valence-electron chi connectivity index (χ0n) is 15.3. The Morgan fingerprint density at radius 3 is 2.54 bits per heavy atom. The van der Waals surface area contributed by atoms with Gasteiger partial charge >= 0.3 is 0 Å². The summed E-state index contributed by atoms with van der Waals surface area (Å²) in [5.74, 6) is -0.580. The molecular formula is C17H20N4O5S2. The predicted molar refractivity (Wildman–Crippen MR) is 106 cm³/mol. The molecular weight excluding hydrogens is 404 g/mol. The first-order valence-corrected chi connectivity index (χ1v) is 11.6. The van der Waals surface area contributed by atoms with Crippen molar-refractivity contribution in [3.63, 3.8) is 0 Å². The third kappa shape index (κ3) is 4.49. The molecule has 0 unspecified atom stereocenters. The van der Waals surface area contributed by atoms with E-state index in [0.29, 0.717) is 5.69 Å². The summed E-state index contributed by atoms with van der Waals surface area (Å²) in [6.45, 7) is 3.66. The van der Waals surface area contributed by atoms with Crippen LogP contribution in [0.15, 0.2) is 57.5 Å². The van der Waals surface area contributed by atoms with Crippen molar-refractivity contribution in [1.82, 2.24) is 9.62 Å². The molecule has 0 saturated heterocycles. The van der Waals surface area contributed by atoms with Crippen molar-refractivity contribution in [1.29, 1.82) is 0 Å². The summed E-state index contributed by atoms with van der Waals surface area (Å²) in [6.07, 6.45) is 4.78. The average Bonchev–Trinajstić information content (AvgIpc) is 2.59. The van der Waals surface area contributed by atoms with Crippen molar-refractivity contribution in [3.05, 3.63) is 48.2 Å². The average molecular weight is 425 g/mol. The molecule has 9 nitrogen and oxygen atoms in total. The van der Waals surface area contributed by atoms with Crippen molar-refractivity contribution in [2.24, 2.45) is 4.40 Å². The molecule has 11 heteroatoms. The van der Waals surface area contributed by atoms with Crippen LogP contribution < -0.4 is 10.0 Å². The molecule has 2 aliphatic rings. The van der Waals surface area contributed by atoms with Crippen LogP contribution >= 0.6 is 0 Å². The van der Waals surface area contributed by atoms with Gasteiger partial charge in [-0.15, -0.1) is 4.40 Å². The lowest BCUT2D eigenvalue weighted by Gasteiger charge is -2.28. The monoisotopic (exact) mass is 424 g/mol. The first-order valence-electron chi connectivity index (χ1n) is 8.49. The number of fused-ring (bicyclic) bond motifs is 1. The first kappa shape index (κ1) is 20.2. The normalized spacial score (nSPS) is 18.3. The van der Waals surface area contributed by atoms with Gasteiger partial charge in [0.25, 0.3) is 15.9 Å². The highest BCUT2D eigenvalue weighted by molar-refractivity contribution is 7.90. The second kappa shape index (κ2) is 7.49. The molecule has 0 aromatic heterocycles. The highest BCUT2D eigenvalue weighted by Crippen LogP contribution is 2.20. The number of carbonyl (C=O) groups excluding carboxylic acids is 1. The Hall–Kier alpha value is -2.50. The smallest absolute Gasteiger partial charge is 0.259 e. The van der Waals surface area contributed by atoms with E-state index in [1.54, 1.807) is 31.0 Å². The minimum Gasteiger partial charge on any atom is -0.331 e. The van der Waals surface area contributed by atoms with Gasteiger partial charge in [0.15, 0.2) is 5.84 Å². The summed E-state index contributed by atoms with van der Waals surface area (Å²) in [6, 6.07) is 5.44. The Balaban J connectivity index is 1.79. The van der Waals surface area contributed by atoms with Crippen molar-refractivity contribution in [3.8, 4) is 0 Å². The second-order valence-electron chi connectivity index (χ2n) is 6.57. The first-order chi connectivity index (χ1) is 13.1. The van der Waals surface area contributed by atoms with E-state index in [2.05, 4.69) is 14.4 Å². The van der Waals surface area contributed by atoms with Crippen LogP contribution in [-0.2, 0) is 24.8 Å². The molecule has 2 heterocycles. The number of hydrogen-bond donors (Lipinski definition) is 2. The molecule has 1 amide bonds. The number of nitrogens with zero attached hydrogens (tertiary/aromatic N) is 2. The molecule has 2 N–H and O–H groups in total. The molecule has 2 aliphatic heterocycles. The Morgan fingerprint density at radius 2 is 1.89 bits per heavy atom. The second-order valence-corrected chi connectivity index (χ2v) is 10.0. The molecule has 0 saturated carbocycles. The largest absolute Gasteiger partial charge is 0.331 e. The van der Waals surface area contributed by atoms with Gasteiger partial charge in [-0.05, 0) is 50.3 Å². The molecule has 0 atom stereocenters. The van der Waals surface area contributed by atoms with Crippen molar-refractivity contribution >= 4 is 37.5 Å². The van der Waals surface area contributed by atoms with Gasteiger partial charge in [0.05, 0.1) is 16.2 Å². The van der Waals surface area contributed by atoms with E-state index in [1.165, 1.54) is 30.3 Å². The lowest BCUT2D eigenvalue weighted by atomic mass is 10.1. The Bertz CT molecular complexity index is 1080. The number of allylic oxidation sites excluding steroid dienone is 2. The van der Waals surface area contributed by atoms with Gasteiger partial charge in [-0.3, -0.25) is 4.79 Å². The number of benzene rings is 1. The van der Waals surface area contributed by atoms with E-state index < -0.39 is 26.0 Å². The van der Waals surface area contributed by atoms with Crippen LogP contribution in [0.5, 0.6) is 0 Å². The number of amidine groups is 1. The predicted octanol–water partition coefficient (Wildman–Crippen LogP) is 0.809. The van der Waals surface area contributed by atoms with E-state index >= 15 is 0 Å². The summed E-state index contributed by atoms with van der Waals surface area (Å²) >= 11 is 0. The van der Waals surface area contributed by atoms with E-state index in [4.69, 9.17) is 0 Å². The van der Waals surface area contributed by atoms with Crippen LogP contribution in [0.1, 0.15) is 13.8 Å². The van der Waals surface area contributed by atoms with Crippen LogP contribution in [0.3, 0.4) is 0 Å². The summed E-state index contributed by atoms with van der Waals surface area (Å²) < 4.78 is 54.0. The minimum absolute atomic E-state index is 0.0755. The SMILES string of the molecule is CC(C)NS(=O)(=O)c1ccc(NC(=O)C2=CC=CN3CCS(=O)(=O)N=C23)cc1. The van der Waals surface area contributed by atoms with Gasteiger partial charge in [-0.1, -0.05) is 0 Å². The number of sulfonamides is 2. The number of anilines is 1. The number of rotatable bonds is 5. The van der Waals surface area contributed by atoms with E-state index in [9.17, 15) is 21.6 Å². The van der Waals surface area contributed by atoms with Crippen LogP contribution in [0.25, 0.3) is 0 Å². The number of carbonyl (C=O) groups is 1. The number of nitrogens with one attached hydrogen (secondary N) is 2. The van der Waals surface area contributed by atoms with E-state index in [0.717, 1.165) is 0 Å². The van der Waals surface area contributed by atoms with E-state index in [1.807, 2.05) is 0 Å². The van der Waals surface area contributed by atoms with Crippen LogP contribution in [-0.4, -0.2) is 51.8 Å². The van der Waals surface area contributed by atoms with E-state index in [-0.39, 0.29) is 34.6 Å². The molecule has 150 valence electrons. The lowest BCUT2D eigenvalue weighted by molar-refractivity contribution is -0.112. The fraction of sp³-hybridized carbons (Fsp3) is 0.294. The molecule has 0 aliphatic carbocycles. The Kier molecular flexibility index (Phi) is 5.41. The molecule has 0 bridgehead atoms. The lowest BCUT2D eigenvalue weighted by Crippen LogP contribution is -2.40.